The Morgan fingerprint density at radius 1 is 1.14 bits per heavy atom. The number of nitrogens with zero attached hydrogens (tertiary/aromatic N) is 3. The standard InChI is InChI=1S/C21H20N6O2/c1-11(2)25-21-24-10-16(20(29)27-21)17-7-6-13(12(3)26-17)18(28)15-9-23-19-14(15)5-4-8-22-19/h4-11H,1-3H3,(H,22,23)(H2,24,25,27,29). The van der Waals surface area contributed by atoms with Crippen LogP contribution in [0.2, 0.25) is 0 Å². The molecule has 0 bridgehead atoms. The van der Waals surface area contributed by atoms with Gasteiger partial charge in [-0.15, -0.1) is 0 Å². The van der Waals surface area contributed by atoms with Gasteiger partial charge in [0, 0.05) is 46.8 Å². The maximum absolute atomic E-state index is 13.0. The van der Waals surface area contributed by atoms with Crippen molar-refractivity contribution >= 4 is 22.8 Å². The smallest absolute Gasteiger partial charge is 0.261 e. The second-order valence-corrected chi connectivity index (χ2v) is 7.03. The lowest BCUT2D eigenvalue weighted by atomic mass is 10.0. The van der Waals surface area contributed by atoms with Crippen molar-refractivity contribution in [2.75, 3.05) is 5.32 Å². The Morgan fingerprint density at radius 3 is 2.69 bits per heavy atom. The van der Waals surface area contributed by atoms with E-state index in [0.29, 0.717) is 39.7 Å². The molecule has 0 aliphatic heterocycles. The van der Waals surface area contributed by atoms with Gasteiger partial charge in [-0.05, 0) is 45.0 Å². The number of pyridine rings is 2. The largest absolute Gasteiger partial charge is 0.354 e. The number of aryl methyl sites for hydroxylation is 1. The van der Waals surface area contributed by atoms with E-state index in [9.17, 15) is 9.59 Å². The van der Waals surface area contributed by atoms with Gasteiger partial charge in [0.2, 0.25) is 5.95 Å². The molecule has 0 saturated carbocycles. The third-order valence-electron chi connectivity index (χ3n) is 4.53. The lowest BCUT2D eigenvalue weighted by Gasteiger charge is -2.09. The van der Waals surface area contributed by atoms with Crippen LogP contribution in [0.1, 0.15) is 35.5 Å². The van der Waals surface area contributed by atoms with E-state index in [2.05, 4.69) is 30.2 Å². The third kappa shape index (κ3) is 3.52. The molecule has 0 fully saturated rings. The number of nitrogens with one attached hydrogen (secondary N) is 3. The molecule has 0 aliphatic carbocycles. The molecule has 0 unspecified atom stereocenters. The number of aromatic nitrogens is 5. The molecule has 8 nitrogen and oxygen atoms in total. The molecular weight excluding hydrogens is 368 g/mol. The number of H-pyrrole nitrogens is 2. The molecule has 29 heavy (non-hydrogen) atoms. The summed E-state index contributed by atoms with van der Waals surface area (Å²) in [5, 5.41) is 3.81. The molecule has 0 aliphatic rings. The first kappa shape index (κ1) is 18.5. The van der Waals surface area contributed by atoms with Crippen LogP contribution in [0.3, 0.4) is 0 Å². The van der Waals surface area contributed by atoms with Gasteiger partial charge in [0.15, 0.2) is 5.78 Å². The van der Waals surface area contributed by atoms with Crippen LogP contribution in [0.4, 0.5) is 5.95 Å². The van der Waals surface area contributed by atoms with Crippen molar-refractivity contribution in [2.24, 2.45) is 0 Å². The van der Waals surface area contributed by atoms with Crippen LogP contribution in [-0.4, -0.2) is 36.7 Å². The average molecular weight is 388 g/mol. The third-order valence-corrected chi connectivity index (χ3v) is 4.53. The Hall–Kier alpha value is -3.81. The number of hydrogen-bond acceptors (Lipinski definition) is 6. The highest BCUT2D eigenvalue weighted by molar-refractivity contribution is 6.16. The van der Waals surface area contributed by atoms with E-state index in [1.165, 1.54) is 6.20 Å². The van der Waals surface area contributed by atoms with Gasteiger partial charge in [0.05, 0.1) is 11.3 Å². The van der Waals surface area contributed by atoms with Crippen LogP contribution >= 0.6 is 0 Å². The fourth-order valence-corrected chi connectivity index (χ4v) is 3.16. The zero-order valence-corrected chi connectivity index (χ0v) is 16.3. The van der Waals surface area contributed by atoms with Crippen molar-refractivity contribution in [2.45, 2.75) is 26.8 Å². The minimum atomic E-state index is -0.295. The molecule has 4 aromatic heterocycles. The molecule has 146 valence electrons. The van der Waals surface area contributed by atoms with Crippen molar-refractivity contribution in [3.8, 4) is 11.3 Å². The minimum absolute atomic E-state index is 0.148. The van der Waals surface area contributed by atoms with E-state index < -0.39 is 0 Å². The van der Waals surface area contributed by atoms with E-state index in [1.807, 2.05) is 19.9 Å². The Balaban J connectivity index is 1.68. The highest BCUT2D eigenvalue weighted by Crippen LogP contribution is 2.22. The fourth-order valence-electron chi connectivity index (χ4n) is 3.16. The monoisotopic (exact) mass is 388 g/mol. The number of fused-ring (bicyclic) bond motifs is 1. The molecule has 3 N–H and O–H groups in total. The van der Waals surface area contributed by atoms with Crippen LogP contribution in [-0.2, 0) is 0 Å². The molecule has 4 rings (SSSR count). The Morgan fingerprint density at radius 2 is 1.97 bits per heavy atom. The summed E-state index contributed by atoms with van der Waals surface area (Å²) in [5.74, 6) is 0.259. The number of carbonyl (C=O) groups is 1. The predicted molar refractivity (Wildman–Crippen MR) is 111 cm³/mol. The second kappa shape index (κ2) is 7.31. The zero-order valence-electron chi connectivity index (χ0n) is 16.3. The Kier molecular flexibility index (Phi) is 4.67. The van der Waals surface area contributed by atoms with Crippen LogP contribution < -0.4 is 10.9 Å². The van der Waals surface area contributed by atoms with E-state index in [1.54, 1.807) is 37.5 Å². The maximum Gasteiger partial charge on any atom is 0.261 e. The summed E-state index contributed by atoms with van der Waals surface area (Å²) in [6, 6.07) is 7.14. The van der Waals surface area contributed by atoms with Gasteiger partial charge >= 0.3 is 0 Å². The molecule has 0 aromatic carbocycles. The predicted octanol–water partition coefficient (Wildman–Crippen LogP) is 3.07. The van der Waals surface area contributed by atoms with Crippen LogP contribution in [0, 0.1) is 6.92 Å². The van der Waals surface area contributed by atoms with Crippen molar-refractivity contribution in [1.29, 1.82) is 0 Å². The van der Waals surface area contributed by atoms with E-state index in [4.69, 9.17) is 0 Å². The first-order valence-corrected chi connectivity index (χ1v) is 9.24. The molecule has 4 aromatic rings. The van der Waals surface area contributed by atoms with E-state index >= 15 is 0 Å². The van der Waals surface area contributed by atoms with Gasteiger partial charge in [0.25, 0.3) is 5.56 Å². The highest BCUT2D eigenvalue weighted by atomic mass is 16.1. The molecule has 0 saturated heterocycles. The number of anilines is 1. The number of rotatable bonds is 5. The summed E-state index contributed by atoms with van der Waals surface area (Å²) >= 11 is 0. The number of aromatic amines is 2. The van der Waals surface area contributed by atoms with Crippen molar-refractivity contribution in [3.63, 3.8) is 0 Å². The molecule has 0 atom stereocenters. The number of carbonyl (C=O) groups excluding carboxylic acids is 1. The summed E-state index contributed by atoms with van der Waals surface area (Å²) in [4.78, 5) is 44.1. The van der Waals surface area contributed by atoms with E-state index in [-0.39, 0.29) is 17.4 Å². The summed E-state index contributed by atoms with van der Waals surface area (Å²) in [5.41, 5.74) is 2.72. The summed E-state index contributed by atoms with van der Waals surface area (Å²) in [6.07, 6.45) is 4.81. The fraction of sp³-hybridized carbons (Fsp3) is 0.190. The quantitative estimate of drug-likeness (QED) is 0.453. The van der Waals surface area contributed by atoms with Gasteiger partial charge < -0.3 is 10.3 Å². The molecular formula is C21H20N6O2. The molecule has 0 spiro atoms. The van der Waals surface area contributed by atoms with Crippen LogP contribution in [0.5, 0.6) is 0 Å². The summed E-state index contributed by atoms with van der Waals surface area (Å²) in [7, 11) is 0. The van der Waals surface area contributed by atoms with Crippen molar-refractivity contribution in [1.82, 2.24) is 24.9 Å². The summed E-state index contributed by atoms with van der Waals surface area (Å²) in [6.45, 7) is 5.66. The highest BCUT2D eigenvalue weighted by Gasteiger charge is 2.18. The normalized spacial score (nSPS) is 11.2. The lowest BCUT2D eigenvalue weighted by Crippen LogP contribution is -2.18. The van der Waals surface area contributed by atoms with Gasteiger partial charge in [-0.3, -0.25) is 19.6 Å². The summed E-state index contributed by atoms with van der Waals surface area (Å²) < 4.78 is 0. The first-order valence-electron chi connectivity index (χ1n) is 9.24. The zero-order chi connectivity index (χ0) is 20.5. The Labute approximate surface area is 166 Å². The van der Waals surface area contributed by atoms with Gasteiger partial charge in [0.1, 0.15) is 5.65 Å². The Bertz CT molecular complexity index is 1270. The molecule has 0 radical (unpaired) electrons. The molecule has 8 heteroatoms. The number of ketones is 1. The van der Waals surface area contributed by atoms with Crippen molar-refractivity contribution < 1.29 is 4.79 Å². The first-order chi connectivity index (χ1) is 13.9. The van der Waals surface area contributed by atoms with Gasteiger partial charge in [-0.2, -0.15) is 0 Å². The van der Waals surface area contributed by atoms with E-state index in [0.717, 1.165) is 5.39 Å². The number of hydrogen-bond donors (Lipinski definition) is 3. The average Bonchev–Trinajstić information content (AvgIpc) is 3.11. The SMILES string of the molecule is Cc1nc(-c2cnc(NC(C)C)[nH]c2=O)ccc1C(=O)c1c[nH]c2ncccc12. The maximum atomic E-state index is 13.0. The van der Waals surface area contributed by atoms with Gasteiger partial charge in [-0.25, -0.2) is 9.97 Å². The van der Waals surface area contributed by atoms with Crippen LogP contribution in [0.25, 0.3) is 22.3 Å². The second-order valence-electron chi connectivity index (χ2n) is 7.03. The van der Waals surface area contributed by atoms with Gasteiger partial charge in [-0.1, -0.05) is 0 Å². The van der Waals surface area contributed by atoms with Crippen molar-refractivity contribution in [3.05, 3.63) is 70.0 Å². The lowest BCUT2D eigenvalue weighted by molar-refractivity contribution is 0.103. The molecule has 4 heterocycles. The molecule has 0 amide bonds. The van der Waals surface area contributed by atoms with Crippen LogP contribution in [0.15, 0.2) is 47.7 Å². The topological polar surface area (TPSA) is 116 Å². The minimum Gasteiger partial charge on any atom is -0.354 e.